The zero-order valence-electron chi connectivity index (χ0n) is 6.50. The van der Waals surface area contributed by atoms with Crippen molar-refractivity contribution in [3.05, 3.63) is 0 Å². The summed E-state index contributed by atoms with van der Waals surface area (Å²) in [4.78, 5) is 10.2. The van der Waals surface area contributed by atoms with Gasteiger partial charge >= 0.3 is 5.97 Å². The van der Waals surface area contributed by atoms with Gasteiger partial charge in [-0.05, 0) is 6.42 Å². The van der Waals surface area contributed by atoms with E-state index >= 15 is 0 Å². The zero-order chi connectivity index (χ0) is 7.28. The van der Waals surface area contributed by atoms with Gasteiger partial charge in [-0.3, -0.25) is 4.79 Å². The van der Waals surface area contributed by atoms with Gasteiger partial charge in [0, 0.05) is 24.4 Å². The van der Waals surface area contributed by atoms with Gasteiger partial charge < -0.3 is 5.11 Å². The van der Waals surface area contributed by atoms with Crippen molar-refractivity contribution < 1.29 is 9.90 Å². The third-order valence-electron chi connectivity index (χ3n) is 1.41. The van der Waals surface area contributed by atoms with Crippen LogP contribution in [0.15, 0.2) is 0 Å². The van der Waals surface area contributed by atoms with E-state index in [0.717, 1.165) is 19.3 Å². The Hall–Kier alpha value is 0.288. The van der Waals surface area contributed by atoms with E-state index in [1.807, 2.05) is 0 Å². The summed E-state index contributed by atoms with van der Waals surface area (Å²) in [5.41, 5.74) is 0. The number of hydrogen-bond donors (Lipinski definition) is 1. The molecule has 0 bridgehead atoms. The Kier molecular flexibility index (Phi) is 9.56. The molecular formula is C7H14O2Sb. The fourth-order valence-corrected chi connectivity index (χ4v) is 0.634. The minimum atomic E-state index is -0.677. The predicted octanol–water partition coefficient (Wildman–Crippen LogP) is 1.52. The molecule has 0 aliphatic carbocycles. The number of carboxylic acids is 1. The fraction of sp³-hybridized carbons (Fsp3) is 0.857. The van der Waals surface area contributed by atoms with Gasteiger partial charge in [-0.1, -0.05) is 26.7 Å². The molecule has 0 aliphatic rings. The van der Waals surface area contributed by atoms with Crippen LogP contribution in [0.4, 0.5) is 0 Å². The monoisotopic (exact) mass is 251 g/mol. The van der Waals surface area contributed by atoms with Gasteiger partial charge in [-0.25, -0.2) is 0 Å². The summed E-state index contributed by atoms with van der Waals surface area (Å²) < 4.78 is 0. The molecule has 10 heavy (non-hydrogen) atoms. The fourth-order valence-electron chi connectivity index (χ4n) is 0.634. The van der Waals surface area contributed by atoms with Crippen LogP contribution in [0.5, 0.6) is 0 Å². The molecule has 0 aromatic heterocycles. The van der Waals surface area contributed by atoms with E-state index < -0.39 is 5.97 Å². The molecule has 0 amide bonds. The van der Waals surface area contributed by atoms with Crippen molar-refractivity contribution in [2.45, 2.75) is 33.1 Å². The summed E-state index contributed by atoms with van der Waals surface area (Å²) in [7, 11) is 0. The largest absolute Gasteiger partial charge is 0.481 e. The normalized spacial score (nSPS) is 11.8. The summed E-state index contributed by atoms with van der Waals surface area (Å²) in [5.74, 6) is -0.839. The Morgan fingerprint density at radius 1 is 1.60 bits per heavy atom. The summed E-state index contributed by atoms with van der Waals surface area (Å²) in [5, 5.41) is 8.41. The van der Waals surface area contributed by atoms with Crippen LogP contribution in [0.25, 0.3) is 0 Å². The number of rotatable bonds is 4. The smallest absolute Gasteiger partial charge is 0.306 e. The number of carbonyl (C=O) groups is 1. The SMILES string of the molecule is CCCCC(C)C(=O)O.[Sb]. The van der Waals surface area contributed by atoms with Crippen LogP contribution in [-0.2, 0) is 4.79 Å². The van der Waals surface area contributed by atoms with Crippen LogP contribution in [0.1, 0.15) is 33.1 Å². The second kappa shape index (κ2) is 7.40. The van der Waals surface area contributed by atoms with Crippen LogP contribution in [0.3, 0.4) is 0 Å². The minimum Gasteiger partial charge on any atom is -0.481 e. The Morgan fingerprint density at radius 2 is 2.10 bits per heavy atom. The van der Waals surface area contributed by atoms with Crippen molar-refractivity contribution in [3.8, 4) is 0 Å². The summed E-state index contributed by atoms with van der Waals surface area (Å²) in [6, 6.07) is 0. The van der Waals surface area contributed by atoms with Crippen molar-refractivity contribution in [2.24, 2.45) is 5.92 Å². The second-order valence-corrected chi connectivity index (χ2v) is 2.38. The standard InChI is InChI=1S/C7H14O2.Sb/c1-3-4-5-6(2)7(8)9;/h6H,3-5H2,1-2H3,(H,8,9);. The van der Waals surface area contributed by atoms with Crippen LogP contribution in [0.2, 0.25) is 0 Å². The predicted molar refractivity (Wildman–Crippen MR) is 42.1 cm³/mol. The first-order valence-electron chi connectivity index (χ1n) is 3.41. The number of carboxylic acid groups (broad SMARTS) is 1. The molecule has 0 heterocycles. The van der Waals surface area contributed by atoms with Crippen molar-refractivity contribution in [3.63, 3.8) is 0 Å². The van der Waals surface area contributed by atoms with E-state index in [4.69, 9.17) is 5.11 Å². The molecule has 0 spiro atoms. The minimum absolute atomic E-state index is 0. The summed E-state index contributed by atoms with van der Waals surface area (Å²) in [6.45, 7) is 3.81. The number of unbranched alkanes of at least 4 members (excludes halogenated alkanes) is 1. The van der Waals surface area contributed by atoms with E-state index in [1.165, 1.54) is 0 Å². The van der Waals surface area contributed by atoms with E-state index in [9.17, 15) is 4.79 Å². The molecule has 0 rings (SSSR count). The van der Waals surface area contributed by atoms with Crippen molar-refractivity contribution in [1.82, 2.24) is 0 Å². The zero-order valence-corrected chi connectivity index (χ0v) is 9.05. The molecule has 0 saturated heterocycles. The van der Waals surface area contributed by atoms with Crippen LogP contribution < -0.4 is 0 Å². The molecule has 1 atom stereocenters. The first kappa shape index (κ1) is 12.9. The molecule has 0 aromatic rings. The maximum absolute atomic E-state index is 10.2. The van der Waals surface area contributed by atoms with Crippen molar-refractivity contribution in [2.75, 3.05) is 0 Å². The summed E-state index contributed by atoms with van der Waals surface area (Å²) in [6.07, 6.45) is 2.91. The Labute approximate surface area is 79.5 Å². The van der Waals surface area contributed by atoms with Crippen LogP contribution in [-0.4, -0.2) is 35.5 Å². The van der Waals surface area contributed by atoms with Gasteiger partial charge in [0.05, 0.1) is 5.92 Å². The topological polar surface area (TPSA) is 37.3 Å². The van der Waals surface area contributed by atoms with Crippen LogP contribution in [0, 0.1) is 5.92 Å². The van der Waals surface area contributed by atoms with E-state index in [-0.39, 0.29) is 30.3 Å². The van der Waals surface area contributed by atoms with E-state index in [0.29, 0.717) is 0 Å². The van der Waals surface area contributed by atoms with Crippen molar-refractivity contribution in [1.29, 1.82) is 0 Å². The van der Waals surface area contributed by atoms with E-state index in [1.54, 1.807) is 6.92 Å². The maximum Gasteiger partial charge on any atom is 0.306 e. The first-order valence-corrected chi connectivity index (χ1v) is 3.41. The van der Waals surface area contributed by atoms with Crippen LogP contribution >= 0.6 is 0 Å². The van der Waals surface area contributed by atoms with Gasteiger partial charge in [-0.2, -0.15) is 0 Å². The van der Waals surface area contributed by atoms with Gasteiger partial charge in [0.25, 0.3) is 0 Å². The molecule has 1 N–H and O–H groups in total. The number of hydrogen-bond acceptors (Lipinski definition) is 1. The third kappa shape index (κ3) is 6.41. The second-order valence-electron chi connectivity index (χ2n) is 2.38. The Bertz CT molecular complexity index is 93.6. The first-order chi connectivity index (χ1) is 4.18. The molecule has 59 valence electrons. The molecule has 0 aromatic carbocycles. The molecule has 3 radical (unpaired) electrons. The average Bonchev–Trinajstić information content (AvgIpc) is 1.82. The molecule has 0 saturated carbocycles. The van der Waals surface area contributed by atoms with Gasteiger partial charge in [-0.15, -0.1) is 0 Å². The Morgan fingerprint density at radius 3 is 2.40 bits per heavy atom. The Balaban J connectivity index is 0. The van der Waals surface area contributed by atoms with Crippen molar-refractivity contribution >= 4 is 30.4 Å². The molecule has 0 aliphatic heterocycles. The quantitative estimate of drug-likeness (QED) is 0.770. The molecule has 2 nitrogen and oxygen atoms in total. The average molecular weight is 252 g/mol. The molecule has 3 heteroatoms. The maximum atomic E-state index is 10.2. The molecular weight excluding hydrogens is 238 g/mol. The van der Waals surface area contributed by atoms with E-state index in [2.05, 4.69) is 6.92 Å². The summed E-state index contributed by atoms with van der Waals surface area (Å²) >= 11 is 0. The van der Waals surface area contributed by atoms with Gasteiger partial charge in [0.2, 0.25) is 0 Å². The van der Waals surface area contributed by atoms with Gasteiger partial charge in [0.1, 0.15) is 0 Å². The van der Waals surface area contributed by atoms with Gasteiger partial charge in [0.15, 0.2) is 0 Å². The molecule has 0 fully saturated rings. The third-order valence-corrected chi connectivity index (χ3v) is 1.41. The number of aliphatic carboxylic acids is 1. The molecule has 1 unspecified atom stereocenters.